The Hall–Kier alpha value is -1.16. The Labute approximate surface area is 95.6 Å². The van der Waals surface area contributed by atoms with Crippen LogP contribution in [0.4, 0.5) is 4.39 Å². The third-order valence-corrected chi connectivity index (χ3v) is 2.61. The molecule has 1 N–H and O–H groups in total. The third kappa shape index (κ3) is 2.26. The molecule has 0 spiro atoms. The molecule has 0 aliphatic rings. The highest BCUT2D eigenvalue weighted by Crippen LogP contribution is 2.21. The molecule has 0 amide bonds. The summed E-state index contributed by atoms with van der Waals surface area (Å²) < 4.78 is 12.7. The lowest BCUT2D eigenvalue weighted by Gasteiger charge is -2.01. The SMILES string of the molecule is Fc1ccc(-c2[nH]ncc2CCBr)cc1. The summed E-state index contributed by atoms with van der Waals surface area (Å²) in [4.78, 5) is 0. The van der Waals surface area contributed by atoms with Crippen LogP contribution < -0.4 is 0 Å². The Morgan fingerprint density at radius 1 is 1.27 bits per heavy atom. The maximum Gasteiger partial charge on any atom is 0.123 e. The van der Waals surface area contributed by atoms with Gasteiger partial charge in [0.15, 0.2) is 0 Å². The molecule has 0 saturated heterocycles. The van der Waals surface area contributed by atoms with E-state index in [1.54, 1.807) is 18.3 Å². The summed E-state index contributed by atoms with van der Waals surface area (Å²) in [5.74, 6) is -0.222. The van der Waals surface area contributed by atoms with Crippen molar-refractivity contribution in [3.63, 3.8) is 0 Å². The second-order valence-electron chi connectivity index (χ2n) is 3.22. The zero-order valence-corrected chi connectivity index (χ0v) is 9.59. The zero-order chi connectivity index (χ0) is 10.7. The Bertz CT molecular complexity index is 436. The van der Waals surface area contributed by atoms with Crippen molar-refractivity contribution in [3.8, 4) is 11.3 Å². The van der Waals surface area contributed by atoms with Gasteiger partial charge in [0, 0.05) is 10.9 Å². The smallest absolute Gasteiger partial charge is 0.123 e. The van der Waals surface area contributed by atoms with Crippen LogP contribution in [0.3, 0.4) is 0 Å². The number of nitrogens with zero attached hydrogens (tertiary/aromatic N) is 1. The number of benzene rings is 1. The summed E-state index contributed by atoms with van der Waals surface area (Å²) >= 11 is 3.39. The van der Waals surface area contributed by atoms with Crippen LogP contribution in [-0.4, -0.2) is 15.5 Å². The maximum atomic E-state index is 12.7. The average molecular weight is 269 g/mol. The molecule has 2 aromatic rings. The fraction of sp³-hybridized carbons (Fsp3) is 0.182. The van der Waals surface area contributed by atoms with Crippen molar-refractivity contribution in [2.45, 2.75) is 6.42 Å². The highest BCUT2D eigenvalue weighted by molar-refractivity contribution is 9.09. The molecule has 2 rings (SSSR count). The molecule has 1 aromatic carbocycles. The van der Waals surface area contributed by atoms with E-state index in [9.17, 15) is 4.39 Å². The van der Waals surface area contributed by atoms with Crippen molar-refractivity contribution in [2.24, 2.45) is 0 Å². The summed E-state index contributed by atoms with van der Waals surface area (Å²) in [7, 11) is 0. The molecule has 0 radical (unpaired) electrons. The molecule has 2 nitrogen and oxygen atoms in total. The number of aromatic amines is 1. The van der Waals surface area contributed by atoms with Gasteiger partial charge in [-0.25, -0.2) is 4.39 Å². The van der Waals surface area contributed by atoms with Crippen LogP contribution in [0.5, 0.6) is 0 Å². The first-order valence-corrected chi connectivity index (χ1v) is 5.77. The first-order valence-electron chi connectivity index (χ1n) is 4.65. The van der Waals surface area contributed by atoms with Gasteiger partial charge in [-0.3, -0.25) is 5.10 Å². The lowest BCUT2D eigenvalue weighted by atomic mass is 10.1. The number of hydrogen-bond donors (Lipinski definition) is 1. The first kappa shape index (κ1) is 10.4. The predicted octanol–water partition coefficient (Wildman–Crippen LogP) is 3.15. The highest BCUT2D eigenvalue weighted by Gasteiger charge is 2.06. The largest absolute Gasteiger partial charge is 0.278 e. The van der Waals surface area contributed by atoms with E-state index in [0.29, 0.717) is 0 Å². The van der Waals surface area contributed by atoms with E-state index < -0.39 is 0 Å². The second kappa shape index (κ2) is 4.57. The van der Waals surface area contributed by atoms with Crippen molar-refractivity contribution in [1.82, 2.24) is 10.2 Å². The molecule has 4 heteroatoms. The van der Waals surface area contributed by atoms with Crippen molar-refractivity contribution in [3.05, 3.63) is 41.8 Å². The van der Waals surface area contributed by atoms with Crippen LogP contribution in [0.25, 0.3) is 11.3 Å². The van der Waals surface area contributed by atoms with Crippen LogP contribution >= 0.6 is 15.9 Å². The number of aromatic nitrogens is 2. The maximum absolute atomic E-state index is 12.7. The summed E-state index contributed by atoms with van der Waals surface area (Å²) in [5.41, 5.74) is 3.07. The lowest BCUT2D eigenvalue weighted by molar-refractivity contribution is 0.628. The number of halogens is 2. The van der Waals surface area contributed by atoms with E-state index in [-0.39, 0.29) is 5.82 Å². The summed E-state index contributed by atoms with van der Waals surface area (Å²) in [6.45, 7) is 0. The van der Waals surface area contributed by atoms with E-state index in [2.05, 4.69) is 26.1 Å². The zero-order valence-electron chi connectivity index (χ0n) is 8.00. The van der Waals surface area contributed by atoms with Gasteiger partial charge in [-0.15, -0.1) is 0 Å². The average Bonchev–Trinajstić information content (AvgIpc) is 2.68. The van der Waals surface area contributed by atoms with Crippen molar-refractivity contribution in [1.29, 1.82) is 0 Å². The van der Waals surface area contributed by atoms with Crippen LogP contribution in [0.15, 0.2) is 30.5 Å². The molecule has 78 valence electrons. The Morgan fingerprint density at radius 3 is 2.67 bits per heavy atom. The molecule has 0 fully saturated rings. The van der Waals surface area contributed by atoms with Gasteiger partial charge in [0.1, 0.15) is 5.82 Å². The molecule has 15 heavy (non-hydrogen) atoms. The predicted molar refractivity (Wildman–Crippen MR) is 61.5 cm³/mol. The van der Waals surface area contributed by atoms with E-state index in [1.807, 2.05) is 0 Å². The standard InChI is InChI=1S/C11H10BrFN2/c12-6-5-9-7-14-15-11(9)8-1-3-10(13)4-2-8/h1-4,7H,5-6H2,(H,14,15). The number of H-pyrrole nitrogens is 1. The van der Waals surface area contributed by atoms with Gasteiger partial charge in [0.2, 0.25) is 0 Å². The Balaban J connectivity index is 2.36. The highest BCUT2D eigenvalue weighted by atomic mass is 79.9. The van der Waals surface area contributed by atoms with E-state index in [1.165, 1.54) is 12.1 Å². The van der Waals surface area contributed by atoms with E-state index in [0.717, 1.165) is 28.6 Å². The van der Waals surface area contributed by atoms with Crippen LogP contribution in [0, 0.1) is 5.82 Å². The minimum absolute atomic E-state index is 0.222. The number of alkyl halides is 1. The molecule has 0 bridgehead atoms. The Morgan fingerprint density at radius 2 is 2.00 bits per heavy atom. The van der Waals surface area contributed by atoms with Crippen molar-refractivity contribution < 1.29 is 4.39 Å². The quantitative estimate of drug-likeness (QED) is 0.852. The molecule has 1 aromatic heterocycles. The molecule has 0 aliphatic carbocycles. The fourth-order valence-corrected chi connectivity index (χ4v) is 1.90. The molecule has 1 heterocycles. The minimum Gasteiger partial charge on any atom is -0.278 e. The summed E-state index contributed by atoms with van der Waals surface area (Å²) in [6, 6.07) is 6.41. The second-order valence-corrected chi connectivity index (χ2v) is 4.01. The lowest BCUT2D eigenvalue weighted by Crippen LogP contribution is -1.88. The normalized spacial score (nSPS) is 10.5. The molecular weight excluding hydrogens is 259 g/mol. The van der Waals surface area contributed by atoms with Crippen LogP contribution in [0.1, 0.15) is 5.56 Å². The third-order valence-electron chi connectivity index (χ3n) is 2.21. The Kier molecular flexibility index (Phi) is 3.16. The van der Waals surface area contributed by atoms with Gasteiger partial charge in [-0.2, -0.15) is 5.10 Å². The number of aryl methyl sites for hydroxylation is 1. The van der Waals surface area contributed by atoms with E-state index in [4.69, 9.17) is 0 Å². The summed E-state index contributed by atoms with van der Waals surface area (Å²) in [6.07, 6.45) is 2.71. The first-order chi connectivity index (χ1) is 7.31. The topological polar surface area (TPSA) is 28.7 Å². The van der Waals surface area contributed by atoms with Gasteiger partial charge in [0.05, 0.1) is 11.9 Å². The van der Waals surface area contributed by atoms with Crippen LogP contribution in [-0.2, 0) is 6.42 Å². The molecular formula is C11H10BrFN2. The van der Waals surface area contributed by atoms with Gasteiger partial charge in [-0.05, 0) is 36.2 Å². The van der Waals surface area contributed by atoms with Gasteiger partial charge in [-0.1, -0.05) is 15.9 Å². The fourth-order valence-electron chi connectivity index (χ4n) is 1.47. The summed E-state index contributed by atoms with van der Waals surface area (Å²) in [5, 5.41) is 7.82. The van der Waals surface area contributed by atoms with E-state index >= 15 is 0 Å². The number of rotatable bonds is 3. The van der Waals surface area contributed by atoms with Gasteiger partial charge < -0.3 is 0 Å². The van der Waals surface area contributed by atoms with Crippen molar-refractivity contribution in [2.75, 3.05) is 5.33 Å². The molecule has 0 unspecified atom stereocenters. The van der Waals surface area contributed by atoms with Gasteiger partial charge in [0.25, 0.3) is 0 Å². The number of nitrogens with one attached hydrogen (secondary N) is 1. The molecule has 0 saturated carbocycles. The van der Waals surface area contributed by atoms with Crippen molar-refractivity contribution >= 4 is 15.9 Å². The number of hydrogen-bond acceptors (Lipinski definition) is 1. The van der Waals surface area contributed by atoms with Crippen LogP contribution in [0.2, 0.25) is 0 Å². The van der Waals surface area contributed by atoms with Gasteiger partial charge >= 0.3 is 0 Å². The molecule has 0 aliphatic heterocycles. The minimum atomic E-state index is -0.222. The monoisotopic (exact) mass is 268 g/mol. The molecule has 0 atom stereocenters.